The highest BCUT2D eigenvalue weighted by atomic mass is 16.5. The van der Waals surface area contributed by atoms with Crippen LogP contribution in [0.4, 0.5) is 5.82 Å². The molecule has 18 heavy (non-hydrogen) atoms. The molecule has 1 N–H and O–H groups in total. The van der Waals surface area contributed by atoms with E-state index in [0.717, 1.165) is 5.56 Å². The van der Waals surface area contributed by atoms with Crippen LogP contribution >= 0.6 is 0 Å². The number of rotatable bonds is 4. The summed E-state index contributed by atoms with van der Waals surface area (Å²) in [5, 5.41) is 10.1. The van der Waals surface area contributed by atoms with E-state index in [1.54, 1.807) is 32.4 Å². The van der Waals surface area contributed by atoms with Gasteiger partial charge in [-0.2, -0.15) is 5.10 Å². The third-order valence-electron chi connectivity index (χ3n) is 2.40. The largest absolute Gasteiger partial charge is 0.493 e. The molecule has 0 bridgehead atoms. The van der Waals surface area contributed by atoms with Crippen molar-refractivity contribution in [1.29, 1.82) is 0 Å². The Bertz CT molecular complexity index is 601. The number of H-pyrrole nitrogens is 1. The zero-order valence-electron chi connectivity index (χ0n) is 9.91. The Morgan fingerprint density at radius 2 is 2.00 bits per heavy atom. The van der Waals surface area contributed by atoms with E-state index in [4.69, 9.17) is 15.0 Å². The minimum atomic E-state index is 0.363. The summed E-state index contributed by atoms with van der Waals surface area (Å²) in [5.41, 5.74) is 9.83. The normalized spacial score (nSPS) is 9.67. The molecule has 7 heteroatoms. The molecule has 0 atom stereocenters. The van der Waals surface area contributed by atoms with Crippen LogP contribution in [0.2, 0.25) is 0 Å². The smallest absolute Gasteiger partial charge is 0.161 e. The van der Waals surface area contributed by atoms with Crippen molar-refractivity contribution < 1.29 is 9.47 Å². The molecule has 0 spiro atoms. The van der Waals surface area contributed by atoms with Gasteiger partial charge < -0.3 is 9.47 Å². The van der Waals surface area contributed by atoms with Crippen LogP contribution in [-0.4, -0.2) is 24.4 Å². The summed E-state index contributed by atoms with van der Waals surface area (Å²) in [4.78, 5) is 2.68. The maximum Gasteiger partial charge on any atom is 0.161 e. The molecule has 7 nitrogen and oxygen atoms in total. The summed E-state index contributed by atoms with van der Waals surface area (Å²) < 4.78 is 10.4. The van der Waals surface area contributed by atoms with Gasteiger partial charge in [-0.25, -0.2) is 0 Å². The number of hydrogen-bond donors (Lipinski definition) is 1. The number of nitrogens with one attached hydrogen (secondary N) is 1. The Morgan fingerprint density at radius 1 is 1.22 bits per heavy atom. The predicted molar refractivity (Wildman–Crippen MR) is 65.9 cm³/mol. The molecule has 0 saturated heterocycles. The van der Waals surface area contributed by atoms with Crippen molar-refractivity contribution in [2.45, 2.75) is 0 Å². The number of methoxy groups -OCH3 is 2. The van der Waals surface area contributed by atoms with Crippen LogP contribution in [0, 0.1) is 0 Å². The van der Waals surface area contributed by atoms with E-state index >= 15 is 0 Å². The number of azide groups is 1. The van der Waals surface area contributed by atoms with Crippen LogP contribution in [0.5, 0.6) is 11.5 Å². The van der Waals surface area contributed by atoms with Crippen LogP contribution in [0.3, 0.4) is 0 Å². The molecule has 1 aromatic heterocycles. The molecule has 2 aromatic rings. The first-order chi connectivity index (χ1) is 8.78. The maximum atomic E-state index is 8.32. The van der Waals surface area contributed by atoms with Crippen LogP contribution in [-0.2, 0) is 0 Å². The summed E-state index contributed by atoms with van der Waals surface area (Å²) in [7, 11) is 3.14. The third kappa shape index (κ3) is 2.21. The second kappa shape index (κ2) is 5.11. The van der Waals surface area contributed by atoms with Crippen LogP contribution in [0.25, 0.3) is 21.7 Å². The molecule has 0 amide bonds. The fourth-order valence-corrected chi connectivity index (χ4v) is 1.55. The lowest BCUT2D eigenvalue weighted by atomic mass is 10.1. The number of benzene rings is 1. The van der Waals surface area contributed by atoms with Gasteiger partial charge in [0.1, 0.15) is 5.82 Å². The van der Waals surface area contributed by atoms with E-state index in [1.165, 1.54) is 0 Å². The number of aromatic nitrogens is 2. The van der Waals surface area contributed by atoms with Gasteiger partial charge in [0.2, 0.25) is 0 Å². The van der Waals surface area contributed by atoms with Crippen molar-refractivity contribution >= 4 is 5.82 Å². The number of ether oxygens (including phenoxy) is 2. The molecule has 0 unspecified atom stereocenters. The Morgan fingerprint density at radius 3 is 2.67 bits per heavy atom. The first-order valence-corrected chi connectivity index (χ1v) is 5.11. The minimum absolute atomic E-state index is 0.363. The van der Waals surface area contributed by atoms with E-state index in [1.807, 2.05) is 6.07 Å². The summed E-state index contributed by atoms with van der Waals surface area (Å²) in [6.45, 7) is 0. The predicted octanol–water partition coefficient (Wildman–Crippen LogP) is 3.04. The van der Waals surface area contributed by atoms with Crippen molar-refractivity contribution in [3.63, 3.8) is 0 Å². The van der Waals surface area contributed by atoms with E-state index < -0.39 is 0 Å². The quantitative estimate of drug-likeness (QED) is 0.509. The lowest BCUT2D eigenvalue weighted by Gasteiger charge is -2.08. The molecule has 0 fully saturated rings. The molecule has 0 aliphatic carbocycles. The van der Waals surface area contributed by atoms with Crippen LogP contribution < -0.4 is 9.47 Å². The highest BCUT2D eigenvalue weighted by Gasteiger charge is 2.08. The van der Waals surface area contributed by atoms with Gasteiger partial charge in [-0.3, -0.25) is 5.10 Å². The van der Waals surface area contributed by atoms with Crippen LogP contribution in [0.15, 0.2) is 29.4 Å². The van der Waals surface area contributed by atoms with Crippen molar-refractivity contribution in [2.24, 2.45) is 5.11 Å². The molecule has 1 heterocycles. The minimum Gasteiger partial charge on any atom is -0.493 e. The summed E-state index contributed by atoms with van der Waals surface area (Å²) in [6.07, 6.45) is 0. The summed E-state index contributed by atoms with van der Waals surface area (Å²) >= 11 is 0. The average molecular weight is 245 g/mol. The third-order valence-corrected chi connectivity index (χ3v) is 2.40. The fourth-order valence-electron chi connectivity index (χ4n) is 1.55. The SMILES string of the molecule is COc1ccc(-c2cc(N=[N+]=[N-])[nH]n2)cc1OC. The Kier molecular flexibility index (Phi) is 3.36. The van der Waals surface area contributed by atoms with Gasteiger partial charge in [0.15, 0.2) is 11.5 Å². The zero-order chi connectivity index (χ0) is 13.0. The molecule has 2 rings (SSSR count). The lowest BCUT2D eigenvalue weighted by Crippen LogP contribution is -1.90. The maximum absolute atomic E-state index is 8.32. The Labute approximate surface area is 103 Å². The van der Waals surface area contributed by atoms with E-state index in [2.05, 4.69) is 20.2 Å². The van der Waals surface area contributed by atoms with Gasteiger partial charge in [0.25, 0.3) is 0 Å². The van der Waals surface area contributed by atoms with Crippen molar-refractivity contribution in [3.8, 4) is 22.8 Å². The molecule has 92 valence electrons. The average Bonchev–Trinajstić information content (AvgIpc) is 2.87. The lowest BCUT2D eigenvalue weighted by molar-refractivity contribution is 0.355. The zero-order valence-corrected chi connectivity index (χ0v) is 9.91. The molecule has 0 radical (unpaired) electrons. The standard InChI is InChI=1S/C11H11N5O2/c1-17-9-4-3-7(5-10(9)18-2)8-6-11(14-13-8)15-16-12/h3-6H,1-2H3,(H,13,14). The monoisotopic (exact) mass is 245 g/mol. The molecule has 0 saturated carbocycles. The van der Waals surface area contributed by atoms with E-state index in [0.29, 0.717) is 23.0 Å². The highest BCUT2D eigenvalue weighted by Crippen LogP contribution is 2.32. The van der Waals surface area contributed by atoms with Crippen LogP contribution in [0.1, 0.15) is 0 Å². The van der Waals surface area contributed by atoms with Gasteiger partial charge >= 0.3 is 0 Å². The fraction of sp³-hybridized carbons (Fsp3) is 0.182. The molecule has 0 aliphatic heterocycles. The first-order valence-electron chi connectivity index (χ1n) is 5.11. The summed E-state index contributed by atoms with van der Waals surface area (Å²) in [6, 6.07) is 7.09. The molecular weight excluding hydrogens is 234 g/mol. The van der Waals surface area contributed by atoms with Gasteiger partial charge in [-0.1, -0.05) is 0 Å². The van der Waals surface area contributed by atoms with Gasteiger partial charge in [-0.15, -0.1) is 0 Å². The second-order valence-corrected chi connectivity index (χ2v) is 3.40. The van der Waals surface area contributed by atoms with Crippen molar-refractivity contribution in [1.82, 2.24) is 10.2 Å². The van der Waals surface area contributed by atoms with Gasteiger partial charge in [-0.05, 0) is 34.9 Å². The van der Waals surface area contributed by atoms with Gasteiger partial charge in [0.05, 0.1) is 19.9 Å². The molecule has 0 aliphatic rings. The van der Waals surface area contributed by atoms with E-state index in [-0.39, 0.29) is 0 Å². The number of nitrogens with zero attached hydrogens (tertiary/aromatic N) is 4. The summed E-state index contributed by atoms with van der Waals surface area (Å²) in [5.74, 6) is 1.62. The second-order valence-electron chi connectivity index (χ2n) is 3.40. The first kappa shape index (κ1) is 11.8. The van der Waals surface area contributed by atoms with Gasteiger partial charge in [0, 0.05) is 10.5 Å². The Hall–Kier alpha value is -2.66. The number of hydrogen-bond acceptors (Lipinski definition) is 4. The van der Waals surface area contributed by atoms with E-state index in [9.17, 15) is 0 Å². The highest BCUT2D eigenvalue weighted by molar-refractivity contribution is 5.65. The Balaban J connectivity index is 2.40. The molecular formula is C11H11N5O2. The number of aromatic amines is 1. The molecule has 1 aromatic carbocycles. The van der Waals surface area contributed by atoms with Crippen molar-refractivity contribution in [3.05, 3.63) is 34.7 Å². The topological polar surface area (TPSA) is 95.9 Å². The van der Waals surface area contributed by atoms with Crippen molar-refractivity contribution in [2.75, 3.05) is 14.2 Å².